The van der Waals surface area contributed by atoms with Gasteiger partial charge >= 0.3 is 0 Å². The smallest absolute Gasteiger partial charge is 0.189 e. The van der Waals surface area contributed by atoms with Crippen molar-refractivity contribution in [1.82, 2.24) is 4.98 Å². The van der Waals surface area contributed by atoms with Crippen LogP contribution in [0.15, 0.2) is 29.1 Å². The summed E-state index contributed by atoms with van der Waals surface area (Å²) in [5.74, 6) is 0. The zero-order valence-electron chi connectivity index (χ0n) is 10.1. The number of rotatable bonds is 4. The number of nitrogens with one attached hydrogen (secondary N) is 2. The monoisotopic (exact) mass is 248 g/mol. The van der Waals surface area contributed by atoms with Crippen LogP contribution in [0.1, 0.15) is 5.69 Å². The molecule has 1 heterocycles. The topological polar surface area (TPSA) is 85.3 Å². The number of pyridine rings is 1. The molecule has 4 N–H and O–H groups in total. The summed E-state index contributed by atoms with van der Waals surface area (Å²) < 4.78 is 0. The Kier molecular flexibility index (Phi) is 3.64. The lowest BCUT2D eigenvalue weighted by molar-refractivity contribution is 0.105. The molecule has 0 aliphatic rings. The van der Waals surface area contributed by atoms with Gasteiger partial charge in [-0.25, -0.2) is 0 Å². The predicted molar refractivity (Wildman–Crippen MR) is 70.9 cm³/mol. The lowest BCUT2D eigenvalue weighted by Gasteiger charge is -2.10. The standard InChI is InChI=1S/C13H16N2O3/c1-8-4-13(18)11-5-9(2-3-12(11)15-8)14-6-10(17)7-16/h2-5,10,14,16-17H,6-7H2,1H3,(H,15,18). The summed E-state index contributed by atoms with van der Waals surface area (Å²) in [5, 5.41) is 21.5. The molecule has 1 aromatic heterocycles. The molecule has 2 rings (SSSR count). The summed E-state index contributed by atoms with van der Waals surface area (Å²) in [4.78, 5) is 14.9. The maximum atomic E-state index is 11.8. The van der Waals surface area contributed by atoms with E-state index in [1.54, 1.807) is 12.1 Å². The highest BCUT2D eigenvalue weighted by Crippen LogP contribution is 2.15. The maximum absolute atomic E-state index is 11.8. The number of aryl methyl sites for hydroxylation is 1. The van der Waals surface area contributed by atoms with Gasteiger partial charge in [-0.1, -0.05) is 0 Å². The minimum absolute atomic E-state index is 0.0346. The molecule has 96 valence electrons. The largest absolute Gasteiger partial charge is 0.394 e. The third-order valence-electron chi connectivity index (χ3n) is 2.72. The molecule has 18 heavy (non-hydrogen) atoms. The van der Waals surface area contributed by atoms with E-state index in [1.807, 2.05) is 19.1 Å². The van der Waals surface area contributed by atoms with E-state index in [9.17, 15) is 9.90 Å². The molecule has 0 bridgehead atoms. The zero-order chi connectivity index (χ0) is 13.1. The summed E-state index contributed by atoms with van der Waals surface area (Å²) in [6.07, 6.45) is -0.808. The number of fused-ring (bicyclic) bond motifs is 1. The number of aliphatic hydroxyl groups is 2. The second-order valence-electron chi connectivity index (χ2n) is 4.29. The van der Waals surface area contributed by atoms with Gasteiger partial charge in [0, 0.05) is 34.9 Å². The second kappa shape index (κ2) is 5.20. The Morgan fingerprint density at radius 2 is 2.17 bits per heavy atom. The molecule has 0 radical (unpaired) electrons. The first-order chi connectivity index (χ1) is 8.60. The van der Waals surface area contributed by atoms with Gasteiger partial charge in [-0.05, 0) is 25.1 Å². The molecule has 1 unspecified atom stereocenters. The van der Waals surface area contributed by atoms with Crippen molar-refractivity contribution >= 4 is 16.6 Å². The lowest BCUT2D eigenvalue weighted by atomic mass is 10.1. The molecule has 0 saturated heterocycles. The van der Waals surface area contributed by atoms with Crippen LogP contribution in [0.4, 0.5) is 5.69 Å². The van der Waals surface area contributed by atoms with Crippen molar-refractivity contribution in [3.63, 3.8) is 0 Å². The van der Waals surface area contributed by atoms with Crippen molar-refractivity contribution in [2.45, 2.75) is 13.0 Å². The zero-order valence-corrected chi connectivity index (χ0v) is 10.1. The van der Waals surface area contributed by atoms with Gasteiger partial charge in [-0.2, -0.15) is 0 Å². The van der Waals surface area contributed by atoms with Crippen LogP contribution in [0.3, 0.4) is 0 Å². The van der Waals surface area contributed by atoms with Gasteiger partial charge in [0.25, 0.3) is 0 Å². The van der Waals surface area contributed by atoms with Crippen molar-refractivity contribution in [2.75, 3.05) is 18.5 Å². The van der Waals surface area contributed by atoms with Gasteiger partial charge < -0.3 is 20.5 Å². The van der Waals surface area contributed by atoms with E-state index >= 15 is 0 Å². The molecule has 0 aliphatic heterocycles. The highest BCUT2D eigenvalue weighted by molar-refractivity contribution is 5.82. The van der Waals surface area contributed by atoms with E-state index in [4.69, 9.17) is 5.11 Å². The molecule has 5 nitrogen and oxygen atoms in total. The average Bonchev–Trinajstić information content (AvgIpc) is 2.36. The number of H-pyrrole nitrogens is 1. The number of hydrogen-bond acceptors (Lipinski definition) is 4. The Bertz CT molecular complexity index is 607. The molecular weight excluding hydrogens is 232 g/mol. The van der Waals surface area contributed by atoms with Gasteiger partial charge in [0.2, 0.25) is 0 Å². The maximum Gasteiger partial charge on any atom is 0.189 e. The Labute approximate surface area is 104 Å². The van der Waals surface area contributed by atoms with Gasteiger partial charge in [-0.3, -0.25) is 4.79 Å². The van der Waals surface area contributed by atoms with Crippen LogP contribution in [-0.2, 0) is 0 Å². The van der Waals surface area contributed by atoms with Crippen LogP contribution < -0.4 is 10.7 Å². The van der Waals surface area contributed by atoms with Crippen LogP contribution in [0, 0.1) is 6.92 Å². The van der Waals surface area contributed by atoms with Crippen molar-refractivity contribution in [2.24, 2.45) is 0 Å². The fraction of sp³-hybridized carbons (Fsp3) is 0.308. The Balaban J connectivity index is 2.30. The number of anilines is 1. The van der Waals surface area contributed by atoms with Crippen molar-refractivity contribution in [3.8, 4) is 0 Å². The van der Waals surface area contributed by atoms with Crippen molar-refractivity contribution < 1.29 is 10.2 Å². The van der Waals surface area contributed by atoms with E-state index in [0.29, 0.717) is 5.39 Å². The van der Waals surface area contributed by atoms with Crippen LogP contribution >= 0.6 is 0 Å². The number of benzene rings is 1. The lowest BCUT2D eigenvalue weighted by Crippen LogP contribution is -2.22. The fourth-order valence-corrected chi connectivity index (χ4v) is 1.79. The van der Waals surface area contributed by atoms with Crippen LogP contribution in [-0.4, -0.2) is 34.5 Å². The van der Waals surface area contributed by atoms with Crippen molar-refractivity contribution in [1.29, 1.82) is 0 Å². The molecule has 0 amide bonds. The van der Waals surface area contributed by atoms with Crippen molar-refractivity contribution in [3.05, 3.63) is 40.2 Å². The molecule has 1 aromatic carbocycles. The van der Waals surface area contributed by atoms with Crippen LogP contribution in [0.5, 0.6) is 0 Å². The quantitative estimate of drug-likeness (QED) is 0.638. The SMILES string of the molecule is Cc1cc(=O)c2cc(NCC(O)CO)ccc2[nH]1. The molecule has 2 aromatic rings. The summed E-state index contributed by atoms with van der Waals surface area (Å²) in [6.45, 7) is 1.79. The number of aromatic amines is 1. The Hall–Kier alpha value is -1.85. The van der Waals surface area contributed by atoms with E-state index in [2.05, 4.69) is 10.3 Å². The number of hydrogen-bond donors (Lipinski definition) is 4. The van der Waals surface area contributed by atoms with E-state index < -0.39 is 6.10 Å². The van der Waals surface area contributed by atoms with Crippen LogP contribution in [0.25, 0.3) is 10.9 Å². The van der Waals surface area contributed by atoms with E-state index in [1.165, 1.54) is 0 Å². The summed E-state index contributed by atoms with van der Waals surface area (Å²) >= 11 is 0. The average molecular weight is 248 g/mol. The van der Waals surface area contributed by atoms with E-state index in [0.717, 1.165) is 16.9 Å². The second-order valence-corrected chi connectivity index (χ2v) is 4.29. The van der Waals surface area contributed by atoms with E-state index in [-0.39, 0.29) is 18.6 Å². The molecule has 0 fully saturated rings. The molecule has 0 aliphatic carbocycles. The fourth-order valence-electron chi connectivity index (χ4n) is 1.79. The predicted octanol–water partition coefficient (Wildman–Crippen LogP) is 0.602. The van der Waals surface area contributed by atoms with Crippen LogP contribution in [0.2, 0.25) is 0 Å². The third-order valence-corrected chi connectivity index (χ3v) is 2.72. The first-order valence-electron chi connectivity index (χ1n) is 5.76. The highest BCUT2D eigenvalue weighted by Gasteiger charge is 2.04. The summed E-state index contributed by atoms with van der Waals surface area (Å²) in [6, 6.07) is 6.92. The van der Waals surface area contributed by atoms with Gasteiger partial charge in [0.05, 0.1) is 12.7 Å². The molecule has 5 heteroatoms. The third kappa shape index (κ3) is 2.69. The Morgan fingerprint density at radius 3 is 2.89 bits per heavy atom. The molecule has 0 saturated carbocycles. The van der Waals surface area contributed by atoms with Gasteiger partial charge in [0.15, 0.2) is 5.43 Å². The van der Waals surface area contributed by atoms with Gasteiger partial charge in [-0.15, -0.1) is 0 Å². The molecular formula is C13H16N2O3. The number of aromatic nitrogens is 1. The summed E-state index contributed by atoms with van der Waals surface area (Å²) in [5.41, 5.74) is 2.31. The Morgan fingerprint density at radius 1 is 1.39 bits per heavy atom. The first kappa shape index (κ1) is 12.6. The first-order valence-corrected chi connectivity index (χ1v) is 5.76. The van der Waals surface area contributed by atoms with Gasteiger partial charge in [0.1, 0.15) is 0 Å². The summed E-state index contributed by atoms with van der Waals surface area (Å²) in [7, 11) is 0. The number of aliphatic hydroxyl groups excluding tert-OH is 2. The highest BCUT2D eigenvalue weighted by atomic mass is 16.3. The normalized spacial score (nSPS) is 12.6. The molecule has 0 spiro atoms. The minimum atomic E-state index is -0.808. The molecule has 1 atom stereocenters. The minimum Gasteiger partial charge on any atom is -0.394 e.